The van der Waals surface area contributed by atoms with Crippen molar-refractivity contribution in [2.75, 3.05) is 17.5 Å². The quantitative estimate of drug-likeness (QED) is 0.569. The molecule has 0 amide bonds. The summed E-state index contributed by atoms with van der Waals surface area (Å²) in [6, 6.07) is 16.2. The van der Waals surface area contributed by atoms with Gasteiger partial charge in [0.15, 0.2) is 0 Å². The molecular weight excluding hydrogens is 248 g/mol. The molecule has 0 unspecified atom stereocenters. The summed E-state index contributed by atoms with van der Waals surface area (Å²) in [5, 5.41) is 0. The summed E-state index contributed by atoms with van der Waals surface area (Å²) in [6.07, 6.45) is 2.25. The van der Waals surface area contributed by atoms with E-state index in [2.05, 4.69) is 36.8 Å². The van der Waals surface area contributed by atoms with E-state index in [0.29, 0.717) is 0 Å². The molecule has 20 heavy (non-hydrogen) atoms. The third-order valence-corrected chi connectivity index (χ3v) is 3.02. The topological polar surface area (TPSA) is 33.3 Å². The van der Waals surface area contributed by atoms with Crippen molar-refractivity contribution in [3.05, 3.63) is 54.1 Å². The number of benzene rings is 2. The minimum Gasteiger partial charge on any atom is -0.494 e. The van der Waals surface area contributed by atoms with Crippen molar-refractivity contribution in [1.82, 2.24) is 0 Å². The van der Waals surface area contributed by atoms with E-state index in [4.69, 9.17) is 4.74 Å². The maximum atomic E-state index is 5.63. The SMILES string of the molecule is CCCCOc1ccc(NNc2ccc(C)cc2)cc1. The van der Waals surface area contributed by atoms with E-state index < -0.39 is 0 Å². The van der Waals surface area contributed by atoms with Gasteiger partial charge in [-0.25, -0.2) is 0 Å². The van der Waals surface area contributed by atoms with Crippen LogP contribution >= 0.6 is 0 Å². The standard InChI is InChI=1S/C17H22N2O/c1-3-4-13-20-17-11-9-16(10-12-17)19-18-15-7-5-14(2)6-8-15/h5-12,18-19H,3-4,13H2,1-2H3. The lowest BCUT2D eigenvalue weighted by atomic mass is 10.2. The molecule has 2 rings (SSSR count). The monoisotopic (exact) mass is 270 g/mol. The van der Waals surface area contributed by atoms with Gasteiger partial charge in [-0.1, -0.05) is 31.0 Å². The Kier molecular flexibility index (Phi) is 5.30. The first-order valence-electron chi connectivity index (χ1n) is 7.09. The molecule has 0 spiro atoms. The van der Waals surface area contributed by atoms with Gasteiger partial charge in [0.05, 0.1) is 18.0 Å². The second kappa shape index (κ2) is 7.43. The summed E-state index contributed by atoms with van der Waals surface area (Å²) in [7, 11) is 0. The molecule has 3 nitrogen and oxygen atoms in total. The van der Waals surface area contributed by atoms with Crippen LogP contribution in [0.15, 0.2) is 48.5 Å². The molecular formula is C17H22N2O. The molecule has 0 atom stereocenters. The van der Waals surface area contributed by atoms with Crippen LogP contribution in [0.25, 0.3) is 0 Å². The van der Waals surface area contributed by atoms with Gasteiger partial charge in [0, 0.05) is 0 Å². The first-order valence-corrected chi connectivity index (χ1v) is 7.09. The Hall–Kier alpha value is -2.16. The van der Waals surface area contributed by atoms with Crippen LogP contribution in [0.2, 0.25) is 0 Å². The lowest BCUT2D eigenvalue weighted by molar-refractivity contribution is 0.309. The highest BCUT2D eigenvalue weighted by Crippen LogP contribution is 2.16. The summed E-state index contributed by atoms with van der Waals surface area (Å²) in [5.74, 6) is 0.916. The number of hydrazine groups is 1. The van der Waals surface area contributed by atoms with Gasteiger partial charge in [-0.05, 0) is 49.7 Å². The largest absolute Gasteiger partial charge is 0.494 e. The normalized spacial score (nSPS) is 10.1. The van der Waals surface area contributed by atoms with Crippen LogP contribution < -0.4 is 15.6 Å². The van der Waals surface area contributed by atoms with Gasteiger partial charge in [-0.2, -0.15) is 0 Å². The van der Waals surface area contributed by atoms with Crippen molar-refractivity contribution < 1.29 is 4.74 Å². The number of unbranched alkanes of at least 4 members (excludes halogenated alkanes) is 1. The van der Waals surface area contributed by atoms with E-state index in [-0.39, 0.29) is 0 Å². The van der Waals surface area contributed by atoms with Gasteiger partial charge in [-0.15, -0.1) is 0 Å². The van der Waals surface area contributed by atoms with Crippen LogP contribution in [-0.2, 0) is 0 Å². The molecule has 0 aliphatic carbocycles. The van der Waals surface area contributed by atoms with Crippen molar-refractivity contribution in [3.63, 3.8) is 0 Å². The summed E-state index contributed by atoms with van der Waals surface area (Å²) >= 11 is 0. The average molecular weight is 270 g/mol. The van der Waals surface area contributed by atoms with Gasteiger partial charge >= 0.3 is 0 Å². The fourth-order valence-corrected chi connectivity index (χ4v) is 1.75. The zero-order valence-corrected chi connectivity index (χ0v) is 12.1. The molecule has 0 bridgehead atoms. The Morgan fingerprint density at radius 3 is 1.95 bits per heavy atom. The number of nitrogens with one attached hydrogen (secondary N) is 2. The highest BCUT2D eigenvalue weighted by molar-refractivity contribution is 5.53. The lowest BCUT2D eigenvalue weighted by Crippen LogP contribution is -2.08. The highest BCUT2D eigenvalue weighted by atomic mass is 16.5. The van der Waals surface area contributed by atoms with Gasteiger partial charge in [0.2, 0.25) is 0 Å². The van der Waals surface area contributed by atoms with E-state index in [0.717, 1.165) is 36.6 Å². The Balaban J connectivity index is 1.82. The van der Waals surface area contributed by atoms with Gasteiger partial charge in [0.25, 0.3) is 0 Å². The fourth-order valence-electron chi connectivity index (χ4n) is 1.75. The molecule has 0 aliphatic rings. The van der Waals surface area contributed by atoms with E-state index in [1.807, 2.05) is 36.4 Å². The van der Waals surface area contributed by atoms with Crippen molar-refractivity contribution in [1.29, 1.82) is 0 Å². The fraction of sp³-hybridized carbons (Fsp3) is 0.294. The number of ether oxygens (including phenoxy) is 1. The Morgan fingerprint density at radius 2 is 1.40 bits per heavy atom. The first-order chi connectivity index (χ1) is 9.78. The van der Waals surface area contributed by atoms with Crippen LogP contribution in [0, 0.1) is 6.92 Å². The molecule has 106 valence electrons. The second-order valence-corrected chi connectivity index (χ2v) is 4.84. The molecule has 2 aromatic rings. The van der Waals surface area contributed by atoms with E-state index in [9.17, 15) is 0 Å². The molecule has 0 fully saturated rings. The molecule has 0 aliphatic heterocycles. The Morgan fingerprint density at radius 1 is 0.850 bits per heavy atom. The van der Waals surface area contributed by atoms with E-state index in [1.54, 1.807) is 0 Å². The predicted octanol–water partition coefficient (Wildman–Crippen LogP) is 4.61. The molecule has 2 aromatic carbocycles. The molecule has 0 heterocycles. The Labute approximate surface area is 120 Å². The van der Waals surface area contributed by atoms with E-state index in [1.165, 1.54) is 5.56 Å². The average Bonchev–Trinajstić information content (AvgIpc) is 2.48. The highest BCUT2D eigenvalue weighted by Gasteiger charge is 1.96. The molecule has 3 heteroatoms. The summed E-state index contributed by atoms with van der Waals surface area (Å²) in [6.45, 7) is 5.02. The number of anilines is 2. The van der Waals surface area contributed by atoms with Gasteiger partial charge in [-0.3, -0.25) is 0 Å². The lowest BCUT2D eigenvalue weighted by Gasteiger charge is -2.11. The smallest absolute Gasteiger partial charge is 0.119 e. The first kappa shape index (κ1) is 14.3. The van der Waals surface area contributed by atoms with Crippen molar-refractivity contribution in [3.8, 4) is 5.75 Å². The molecule has 2 N–H and O–H groups in total. The zero-order chi connectivity index (χ0) is 14.2. The zero-order valence-electron chi connectivity index (χ0n) is 12.1. The predicted molar refractivity (Wildman–Crippen MR) is 85.3 cm³/mol. The summed E-state index contributed by atoms with van der Waals surface area (Å²) in [5.41, 5.74) is 9.64. The van der Waals surface area contributed by atoms with Gasteiger partial charge < -0.3 is 15.6 Å². The number of hydrogen-bond acceptors (Lipinski definition) is 3. The van der Waals surface area contributed by atoms with Gasteiger partial charge in [0.1, 0.15) is 5.75 Å². The molecule has 0 aromatic heterocycles. The Bertz CT molecular complexity index is 506. The van der Waals surface area contributed by atoms with E-state index >= 15 is 0 Å². The maximum Gasteiger partial charge on any atom is 0.119 e. The van der Waals surface area contributed by atoms with Crippen LogP contribution in [0.1, 0.15) is 25.3 Å². The van der Waals surface area contributed by atoms with Crippen molar-refractivity contribution >= 4 is 11.4 Å². The minimum atomic E-state index is 0.783. The summed E-state index contributed by atoms with van der Waals surface area (Å²) in [4.78, 5) is 0. The van der Waals surface area contributed by atoms with Crippen LogP contribution in [-0.4, -0.2) is 6.61 Å². The number of rotatable bonds is 7. The molecule has 0 saturated heterocycles. The van der Waals surface area contributed by atoms with Crippen LogP contribution in [0.5, 0.6) is 5.75 Å². The molecule has 0 radical (unpaired) electrons. The molecule has 0 saturated carbocycles. The number of aryl methyl sites for hydroxylation is 1. The van der Waals surface area contributed by atoms with Crippen molar-refractivity contribution in [2.24, 2.45) is 0 Å². The second-order valence-electron chi connectivity index (χ2n) is 4.84. The van der Waals surface area contributed by atoms with Crippen LogP contribution in [0.4, 0.5) is 11.4 Å². The van der Waals surface area contributed by atoms with Crippen molar-refractivity contribution in [2.45, 2.75) is 26.7 Å². The maximum absolute atomic E-state index is 5.63. The third kappa shape index (κ3) is 4.50. The van der Waals surface area contributed by atoms with Crippen LogP contribution in [0.3, 0.4) is 0 Å². The third-order valence-electron chi connectivity index (χ3n) is 3.02. The minimum absolute atomic E-state index is 0.783. The number of hydrogen-bond donors (Lipinski definition) is 2. The summed E-state index contributed by atoms with van der Waals surface area (Å²) < 4.78 is 5.63.